The molecule has 32 heavy (non-hydrogen) atoms. The van der Waals surface area contributed by atoms with Crippen molar-refractivity contribution in [3.8, 4) is 0 Å². The Bertz CT molecular complexity index is 305. The summed E-state index contributed by atoms with van der Waals surface area (Å²) in [5.41, 5.74) is 0. The van der Waals surface area contributed by atoms with Gasteiger partial charge in [0.2, 0.25) is 0 Å². The largest absolute Gasteiger partial charge is 0.255 e. The van der Waals surface area contributed by atoms with Gasteiger partial charge < -0.3 is 0 Å². The SMILES string of the molecule is Br.CCCCCCCCCCCCCCCCCCCCCCCCCCC[CH2][Al]([CH3])[CH3]. The number of rotatable bonds is 27. The van der Waals surface area contributed by atoms with E-state index in [1.54, 1.807) is 5.28 Å². The summed E-state index contributed by atoms with van der Waals surface area (Å²) < 4.78 is 0. The summed E-state index contributed by atoms with van der Waals surface area (Å²) in [6, 6.07) is 0. The van der Waals surface area contributed by atoms with Crippen molar-refractivity contribution in [3.05, 3.63) is 0 Å². The minimum absolute atomic E-state index is 0. The van der Waals surface area contributed by atoms with Crippen LogP contribution in [-0.2, 0) is 0 Å². The summed E-state index contributed by atoms with van der Waals surface area (Å²) in [5, 5.41) is 1.57. The lowest BCUT2D eigenvalue weighted by Crippen LogP contribution is -1.97. The van der Waals surface area contributed by atoms with E-state index in [0.717, 1.165) is 0 Å². The Balaban J connectivity index is 0. The second-order valence-electron chi connectivity index (χ2n) is 11.0. The molecule has 0 aliphatic heterocycles. The van der Waals surface area contributed by atoms with E-state index in [2.05, 4.69) is 18.5 Å². The van der Waals surface area contributed by atoms with Crippen molar-refractivity contribution in [1.82, 2.24) is 0 Å². The molecule has 0 nitrogen and oxygen atoms in total. The quantitative estimate of drug-likeness (QED) is 0.0730. The molecule has 2 heteroatoms. The fraction of sp³-hybridized carbons (Fsp3) is 1.00. The fourth-order valence-electron chi connectivity index (χ4n) is 4.87. The Morgan fingerprint density at radius 3 is 0.688 bits per heavy atom. The Kier molecular flexibility index (Phi) is 35.2. The van der Waals surface area contributed by atoms with E-state index in [4.69, 9.17) is 0 Å². The highest BCUT2D eigenvalue weighted by atomic mass is 79.9. The highest BCUT2D eigenvalue weighted by Crippen LogP contribution is 2.16. The molecule has 0 atom stereocenters. The molecular weight excluding hydrogens is 467 g/mol. The summed E-state index contributed by atoms with van der Waals surface area (Å²) >= 11 is -0.275. The van der Waals surface area contributed by atoms with Crippen LogP contribution in [0.3, 0.4) is 0 Å². The van der Waals surface area contributed by atoms with Crippen LogP contribution in [0.2, 0.25) is 16.9 Å². The van der Waals surface area contributed by atoms with Crippen molar-refractivity contribution in [3.63, 3.8) is 0 Å². The van der Waals surface area contributed by atoms with Gasteiger partial charge in [-0.3, -0.25) is 0 Å². The van der Waals surface area contributed by atoms with Crippen molar-refractivity contribution in [1.29, 1.82) is 0 Å². The van der Waals surface area contributed by atoms with Gasteiger partial charge in [-0.05, 0) is 0 Å². The molecule has 0 aliphatic carbocycles. The molecule has 0 aromatic rings. The molecule has 0 saturated heterocycles. The number of unbranched alkanes of at least 4 members (excludes halogenated alkanes) is 25. The van der Waals surface area contributed by atoms with Gasteiger partial charge in [0.1, 0.15) is 0 Å². The van der Waals surface area contributed by atoms with Gasteiger partial charge in [0.25, 0.3) is 14.1 Å². The Morgan fingerprint density at radius 1 is 0.312 bits per heavy atom. The second-order valence-corrected chi connectivity index (χ2v) is 14.4. The second kappa shape index (κ2) is 32.0. The van der Waals surface area contributed by atoms with Gasteiger partial charge >= 0.3 is 0 Å². The molecule has 0 spiro atoms. The van der Waals surface area contributed by atoms with Crippen molar-refractivity contribution >= 4 is 31.1 Å². The van der Waals surface area contributed by atoms with Crippen molar-refractivity contribution < 1.29 is 0 Å². The Labute approximate surface area is 221 Å². The molecule has 0 unspecified atom stereocenters. The third-order valence-corrected chi connectivity index (χ3v) is 8.70. The lowest BCUT2D eigenvalue weighted by Gasteiger charge is -2.04. The third kappa shape index (κ3) is 33.2. The van der Waals surface area contributed by atoms with Gasteiger partial charge in [-0.2, -0.15) is 0 Å². The maximum atomic E-state index is 2.49. The average Bonchev–Trinajstić information content (AvgIpc) is 2.76. The van der Waals surface area contributed by atoms with Crippen LogP contribution in [0.5, 0.6) is 0 Å². The topological polar surface area (TPSA) is 0 Å². The lowest BCUT2D eigenvalue weighted by molar-refractivity contribution is 0.516. The standard InChI is InChI=1S/C28H57.2CH3.Al.BrH/c1-3-5-7-9-11-13-15-17-19-21-23-25-27-28-26-24-22-20-18-16-14-12-10-8-6-4-2;;;;/h1,3-28H2,2H3;2*1H3;;1H. The predicted molar refractivity (Wildman–Crippen MR) is 158 cm³/mol. The molecule has 0 aromatic carbocycles. The first kappa shape index (κ1) is 35.2. The van der Waals surface area contributed by atoms with Gasteiger partial charge in [0.05, 0.1) is 0 Å². The van der Waals surface area contributed by atoms with Crippen LogP contribution in [0.25, 0.3) is 0 Å². The highest BCUT2D eigenvalue weighted by molar-refractivity contribution is 8.93. The monoisotopic (exact) mass is 530 g/mol. The molecule has 0 N–H and O–H groups in total. The zero-order chi connectivity index (χ0) is 22.7. The first-order chi connectivity index (χ1) is 15.3. The molecule has 0 rings (SSSR count). The van der Waals surface area contributed by atoms with E-state index in [9.17, 15) is 0 Å². The minimum atomic E-state index is -0.275. The van der Waals surface area contributed by atoms with Crippen molar-refractivity contribution in [2.45, 2.75) is 191 Å². The average molecular weight is 532 g/mol. The molecule has 0 aromatic heterocycles. The third-order valence-electron chi connectivity index (χ3n) is 7.14. The molecule has 0 radical (unpaired) electrons. The summed E-state index contributed by atoms with van der Waals surface area (Å²) in [6.45, 7) is 2.31. The van der Waals surface area contributed by atoms with Crippen LogP contribution in [0.15, 0.2) is 0 Å². The molecule has 0 aliphatic rings. The van der Waals surface area contributed by atoms with Crippen molar-refractivity contribution in [2.75, 3.05) is 0 Å². The van der Waals surface area contributed by atoms with E-state index in [1.807, 2.05) is 0 Å². The fourth-order valence-corrected chi connectivity index (χ4v) is 5.97. The van der Waals surface area contributed by atoms with Crippen LogP contribution in [-0.4, -0.2) is 14.1 Å². The van der Waals surface area contributed by atoms with Gasteiger partial charge in [-0.1, -0.05) is 179 Å². The van der Waals surface area contributed by atoms with Crippen LogP contribution < -0.4 is 0 Å². The maximum absolute atomic E-state index is 2.49. The van der Waals surface area contributed by atoms with Gasteiger partial charge in [0.15, 0.2) is 0 Å². The Morgan fingerprint density at radius 2 is 0.500 bits per heavy atom. The van der Waals surface area contributed by atoms with Gasteiger partial charge in [-0.15, -0.1) is 28.6 Å². The first-order valence-electron chi connectivity index (χ1n) is 15.3. The van der Waals surface area contributed by atoms with Crippen LogP contribution in [0.1, 0.15) is 174 Å². The van der Waals surface area contributed by atoms with E-state index >= 15 is 0 Å². The number of halogens is 1. The first-order valence-corrected chi connectivity index (χ1v) is 18.4. The van der Waals surface area contributed by atoms with E-state index in [-0.39, 0.29) is 31.1 Å². The van der Waals surface area contributed by atoms with E-state index < -0.39 is 0 Å². The number of hydrogen-bond donors (Lipinski definition) is 0. The highest BCUT2D eigenvalue weighted by Gasteiger charge is 2.00. The normalized spacial score (nSPS) is 11.0. The van der Waals surface area contributed by atoms with E-state index in [0.29, 0.717) is 0 Å². The van der Waals surface area contributed by atoms with Gasteiger partial charge in [-0.25, -0.2) is 0 Å². The molecule has 0 bridgehead atoms. The maximum Gasteiger partial charge on any atom is 0.255 e. The zero-order valence-corrected chi connectivity index (χ0v) is 25.9. The molecular formula is C30H64AlBr. The van der Waals surface area contributed by atoms with Crippen molar-refractivity contribution in [2.24, 2.45) is 0 Å². The summed E-state index contributed by atoms with van der Waals surface area (Å²) in [5.74, 6) is 4.97. The Hall–Kier alpha value is 1.01. The lowest BCUT2D eigenvalue weighted by atomic mass is 10.0. The summed E-state index contributed by atoms with van der Waals surface area (Å²) in [4.78, 5) is 0. The zero-order valence-electron chi connectivity index (χ0n) is 23.1. The smallest absolute Gasteiger partial charge is 0.114 e. The molecule has 0 heterocycles. The van der Waals surface area contributed by atoms with E-state index in [1.165, 1.54) is 167 Å². The van der Waals surface area contributed by atoms with Crippen LogP contribution >= 0.6 is 17.0 Å². The predicted octanol–water partition coefficient (Wildman–Crippen LogP) is 12.5. The van der Waals surface area contributed by atoms with Crippen LogP contribution in [0.4, 0.5) is 0 Å². The minimum Gasteiger partial charge on any atom is -0.114 e. The summed E-state index contributed by atoms with van der Waals surface area (Å²) in [7, 11) is 0. The number of hydrogen-bond acceptors (Lipinski definition) is 0. The summed E-state index contributed by atoms with van der Waals surface area (Å²) in [6.07, 6.45) is 38.7. The molecule has 194 valence electrons. The molecule has 0 fully saturated rings. The molecule has 0 amide bonds. The van der Waals surface area contributed by atoms with Crippen LogP contribution in [0, 0.1) is 0 Å². The molecule has 0 saturated carbocycles. The van der Waals surface area contributed by atoms with Gasteiger partial charge in [0, 0.05) is 0 Å².